The Morgan fingerprint density at radius 3 is 2.35 bits per heavy atom. The third kappa shape index (κ3) is 4.27. The molecule has 0 aliphatic heterocycles. The molecule has 6 nitrogen and oxygen atoms in total. The number of hydrogen-bond acceptors (Lipinski definition) is 4. The number of hydrogen-bond donors (Lipinski definition) is 3. The first-order valence-corrected chi connectivity index (χ1v) is 7.07. The van der Waals surface area contributed by atoms with Gasteiger partial charge in [-0.2, -0.15) is 0 Å². The lowest BCUT2D eigenvalue weighted by atomic mass is 10.2. The zero-order valence-electron chi connectivity index (χ0n) is 12.3. The highest BCUT2D eigenvalue weighted by molar-refractivity contribution is 7.80. The first-order chi connectivity index (χ1) is 11.0. The predicted molar refractivity (Wildman–Crippen MR) is 91.6 cm³/mol. The van der Waals surface area contributed by atoms with Crippen molar-refractivity contribution in [3.05, 3.63) is 59.7 Å². The molecule has 0 atom stereocenters. The van der Waals surface area contributed by atoms with Crippen molar-refractivity contribution in [3.63, 3.8) is 0 Å². The standard InChI is InChI=1S/C16H15N3O3S/c1-22-13-5-3-2-4-12(13)15(21)19-16(23)18-11-8-6-10(7-9-11)14(17)20/h2-9H,1H3,(H2,17,20)(H2,18,19,21,23). The summed E-state index contributed by atoms with van der Waals surface area (Å²) >= 11 is 5.10. The van der Waals surface area contributed by atoms with E-state index in [9.17, 15) is 9.59 Å². The van der Waals surface area contributed by atoms with E-state index in [0.29, 0.717) is 22.6 Å². The molecule has 0 aliphatic rings. The minimum atomic E-state index is -0.511. The Kier molecular flexibility index (Phi) is 5.27. The van der Waals surface area contributed by atoms with Crippen LogP contribution in [0.15, 0.2) is 48.5 Å². The summed E-state index contributed by atoms with van der Waals surface area (Å²) < 4.78 is 5.13. The second-order valence-corrected chi connectivity index (χ2v) is 4.96. The second-order valence-electron chi connectivity index (χ2n) is 4.55. The summed E-state index contributed by atoms with van der Waals surface area (Å²) in [4.78, 5) is 23.2. The molecule has 0 fully saturated rings. The van der Waals surface area contributed by atoms with Gasteiger partial charge in [-0.15, -0.1) is 0 Å². The number of carbonyl (C=O) groups excluding carboxylic acids is 2. The summed E-state index contributed by atoms with van der Waals surface area (Å²) in [5.41, 5.74) is 6.56. The summed E-state index contributed by atoms with van der Waals surface area (Å²) in [7, 11) is 1.49. The first-order valence-electron chi connectivity index (χ1n) is 6.66. The van der Waals surface area contributed by atoms with E-state index in [2.05, 4.69) is 10.6 Å². The van der Waals surface area contributed by atoms with Crippen LogP contribution in [0, 0.1) is 0 Å². The summed E-state index contributed by atoms with van der Waals surface area (Å²) in [6.07, 6.45) is 0. The largest absolute Gasteiger partial charge is 0.496 e. The maximum Gasteiger partial charge on any atom is 0.261 e. The van der Waals surface area contributed by atoms with Gasteiger partial charge in [0.15, 0.2) is 5.11 Å². The number of nitrogens with one attached hydrogen (secondary N) is 2. The summed E-state index contributed by atoms with van der Waals surface area (Å²) in [6.45, 7) is 0. The van der Waals surface area contributed by atoms with Crippen molar-refractivity contribution in [1.29, 1.82) is 0 Å². The molecule has 23 heavy (non-hydrogen) atoms. The van der Waals surface area contributed by atoms with Crippen molar-refractivity contribution in [2.24, 2.45) is 5.73 Å². The van der Waals surface area contributed by atoms with Crippen molar-refractivity contribution < 1.29 is 14.3 Å². The molecule has 0 unspecified atom stereocenters. The molecule has 2 rings (SSSR count). The predicted octanol–water partition coefficient (Wildman–Crippen LogP) is 1.92. The van der Waals surface area contributed by atoms with Crippen LogP contribution in [-0.4, -0.2) is 24.0 Å². The van der Waals surface area contributed by atoms with Gasteiger partial charge in [0, 0.05) is 11.3 Å². The molecule has 0 aromatic heterocycles. The number of methoxy groups -OCH3 is 1. The smallest absolute Gasteiger partial charge is 0.261 e. The molecular weight excluding hydrogens is 314 g/mol. The second kappa shape index (κ2) is 7.37. The number of thiocarbonyl (C=S) groups is 1. The minimum Gasteiger partial charge on any atom is -0.496 e. The van der Waals surface area contributed by atoms with E-state index in [1.54, 1.807) is 48.5 Å². The number of para-hydroxylation sites is 1. The number of rotatable bonds is 4. The van der Waals surface area contributed by atoms with E-state index in [1.165, 1.54) is 7.11 Å². The van der Waals surface area contributed by atoms with Crippen LogP contribution in [0.2, 0.25) is 0 Å². The highest BCUT2D eigenvalue weighted by Gasteiger charge is 2.12. The van der Waals surface area contributed by atoms with Crippen LogP contribution in [0.1, 0.15) is 20.7 Å². The topological polar surface area (TPSA) is 93.4 Å². The van der Waals surface area contributed by atoms with Gasteiger partial charge in [-0.1, -0.05) is 12.1 Å². The van der Waals surface area contributed by atoms with Crippen LogP contribution in [0.25, 0.3) is 0 Å². The average molecular weight is 329 g/mol. The van der Waals surface area contributed by atoms with Gasteiger partial charge in [0.05, 0.1) is 12.7 Å². The lowest BCUT2D eigenvalue weighted by Crippen LogP contribution is -2.34. The fourth-order valence-corrected chi connectivity index (χ4v) is 2.09. The van der Waals surface area contributed by atoms with E-state index in [1.807, 2.05) is 0 Å². The van der Waals surface area contributed by atoms with Crippen molar-refractivity contribution >= 4 is 34.8 Å². The monoisotopic (exact) mass is 329 g/mol. The number of anilines is 1. The molecule has 2 aromatic rings. The van der Waals surface area contributed by atoms with Crippen LogP contribution in [-0.2, 0) is 0 Å². The maximum absolute atomic E-state index is 12.2. The van der Waals surface area contributed by atoms with E-state index >= 15 is 0 Å². The molecule has 2 amide bonds. The molecule has 0 aliphatic carbocycles. The Hall–Kier alpha value is -2.93. The van der Waals surface area contributed by atoms with E-state index in [-0.39, 0.29) is 11.0 Å². The zero-order valence-corrected chi connectivity index (χ0v) is 13.1. The molecule has 0 saturated heterocycles. The molecule has 0 radical (unpaired) electrons. The minimum absolute atomic E-state index is 0.132. The zero-order chi connectivity index (χ0) is 16.8. The third-order valence-electron chi connectivity index (χ3n) is 3.01. The summed E-state index contributed by atoms with van der Waals surface area (Å²) in [5, 5.41) is 5.55. The molecule has 118 valence electrons. The van der Waals surface area contributed by atoms with E-state index in [4.69, 9.17) is 22.7 Å². The van der Waals surface area contributed by atoms with Crippen molar-refractivity contribution in [2.45, 2.75) is 0 Å². The highest BCUT2D eigenvalue weighted by atomic mass is 32.1. The SMILES string of the molecule is COc1ccccc1C(=O)NC(=S)Nc1ccc(C(N)=O)cc1. The fraction of sp³-hybridized carbons (Fsp3) is 0.0625. The molecule has 2 aromatic carbocycles. The number of amides is 2. The molecular formula is C16H15N3O3S. The highest BCUT2D eigenvalue weighted by Crippen LogP contribution is 2.17. The van der Waals surface area contributed by atoms with Gasteiger partial charge in [-0.25, -0.2) is 0 Å². The van der Waals surface area contributed by atoms with Gasteiger partial charge in [-0.05, 0) is 48.6 Å². The van der Waals surface area contributed by atoms with Crippen LogP contribution in [0.3, 0.4) is 0 Å². The van der Waals surface area contributed by atoms with E-state index in [0.717, 1.165) is 0 Å². The van der Waals surface area contributed by atoms with Gasteiger partial charge >= 0.3 is 0 Å². The van der Waals surface area contributed by atoms with Gasteiger partial charge in [0.1, 0.15) is 5.75 Å². The van der Waals surface area contributed by atoms with Crippen molar-refractivity contribution in [2.75, 3.05) is 12.4 Å². The van der Waals surface area contributed by atoms with Crippen LogP contribution < -0.4 is 21.1 Å². The molecule has 7 heteroatoms. The normalized spacial score (nSPS) is 9.78. The Bertz CT molecular complexity index is 744. The molecule has 0 spiro atoms. The number of primary amides is 1. The molecule has 0 saturated carbocycles. The Labute approximate surface area is 138 Å². The fourth-order valence-electron chi connectivity index (χ4n) is 1.88. The summed E-state index contributed by atoms with van der Waals surface area (Å²) in [5.74, 6) is -0.434. The quantitative estimate of drug-likeness (QED) is 0.745. The Balaban J connectivity index is 2.01. The van der Waals surface area contributed by atoms with Crippen molar-refractivity contribution in [3.8, 4) is 5.75 Å². The number of nitrogens with two attached hydrogens (primary N) is 1. The van der Waals surface area contributed by atoms with Gasteiger partial charge in [0.25, 0.3) is 5.91 Å². The van der Waals surface area contributed by atoms with Crippen molar-refractivity contribution in [1.82, 2.24) is 5.32 Å². The van der Waals surface area contributed by atoms with Gasteiger partial charge < -0.3 is 15.8 Å². The molecule has 0 heterocycles. The van der Waals surface area contributed by atoms with Crippen LogP contribution >= 0.6 is 12.2 Å². The lowest BCUT2D eigenvalue weighted by molar-refractivity contribution is 0.0972. The van der Waals surface area contributed by atoms with E-state index < -0.39 is 5.91 Å². The number of ether oxygens (including phenoxy) is 1. The van der Waals surface area contributed by atoms with Crippen LogP contribution in [0.5, 0.6) is 5.75 Å². The Morgan fingerprint density at radius 2 is 1.74 bits per heavy atom. The lowest BCUT2D eigenvalue weighted by Gasteiger charge is -2.11. The average Bonchev–Trinajstić information content (AvgIpc) is 2.55. The molecule has 0 bridgehead atoms. The number of benzene rings is 2. The summed E-state index contributed by atoms with van der Waals surface area (Å²) in [6, 6.07) is 13.2. The van der Waals surface area contributed by atoms with Gasteiger partial charge in [0.2, 0.25) is 5.91 Å². The maximum atomic E-state index is 12.2. The molecule has 4 N–H and O–H groups in total. The van der Waals surface area contributed by atoms with Crippen LogP contribution in [0.4, 0.5) is 5.69 Å². The van der Waals surface area contributed by atoms with Gasteiger partial charge in [-0.3, -0.25) is 14.9 Å². The Morgan fingerprint density at radius 1 is 1.09 bits per heavy atom. The first kappa shape index (κ1) is 16.4. The number of carbonyl (C=O) groups is 2. The third-order valence-corrected chi connectivity index (χ3v) is 3.21.